The molecule has 0 aliphatic carbocycles. The van der Waals surface area contributed by atoms with Crippen molar-refractivity contribution in [1.29, 1.82) is 10.8 Å². The molecule has 0 radical (unpaired) electrons. The highest BCUT2D eigenvalue weighted by atomic mass is 32.1. The van der Waals surface area contributed by atoms with E-state index in [1.807, 2.05) is 6.07 Å². The van der Waals surface area contributed by atoms with Crippen LogP contribution in [0.25, 0.3) is 10.2 Å². The first-order valence-electron chi connectivity index (χ1n) is 11.6. The molecule has 3 heterocycles. The zero-order valence-electron chi connectivity index (χ0n) is 19.9. The monoisotopic (exact) mass is 534 g/mol. The molecule has 0 atom stereocenters. The molecule has 0 saturated carbocycles. The van der Waals surface area contributed by atoms with Gasteiger partial charge in [0.25, 0.3) is 0 Å². The summed E-state index contributed by atoms with van der Waals surface area (Å²) < 4.78 is 45.0. The number of hydrogen-bond donors (Lipinski definition) is 3. The average molecular weight is 535 g/mol. The number of aliphatic carboxylic acids is 1. The molecular weight excluding hydrogens is 509 g/mol. The number of anilines is 1. The number of nitrogens with zero attached hydrogens (tertiary/aromatic N) is 4. The summed E-state index contributed by atoms with van der Waals surface area (Å²) in [6, 6.07) is 8.93. The molecule has 2 aromatic heterocycles. The molecule has 1 fully saturated rings. The van der Waals surface area contributed by atoms with E-state index in [2.05, 4.69) is 16.9 Å². The zero-order valence-corrected chi connectivity index (χ0v) is 20.7. The summed E-state index contributed by atoms with van der Waals surface area (Å²) in [5.74, 6) is -1.87. The summed E-state index contributed by atoms with van der Waals surface area (Å²) in [7, 11) is 0. The number of carboxylic acid groups (broad SMARTS) is 1. The molecule has 0 bridgehead atoms. The minimum absolute atomic E-state index is 0.0204. The molecule has 3 N–H and O–H groups in total. The van der Waals surface area contributed by atoms with Crippen LogP contribution < -0.4 is 9.64 Å². The van der Waals surface area contributed by atoms with Crippen LogP contribution in [-0.2, 0) is 17.6 Å². The molecule has 1 aromatic carbocycles. The maximum absolute atomic E-state index is 13.0. The third kappa shape index (κ3) is 6.16. The standard InChI is InChI=1S/C24H25F3N6O3S/c1-2-3-16-12-17-20(32-10-11-33(18(28)13-32)22(29)24(25,26)27)30-23(31-21(17)37-16)36-15-7-4-14(5-8-15)6-9-19(34)35/h4-5,7-8,12,28-29H,2-3,6,9-11,13H2,1H3,(H,34,35). The number of hydrogen-bond acceptors (Lipinski definition) is 8. The van der Waals surface area contributed by atoms with E-state index in [0.717, 1.165) is 28.7 Å². The van der Waals surface area contributed by atoms with Gasteiger partial charge in [-0.25, -0.2) is 0 Å². The van der Waals surface area contributed by atoms with Crippen LogP contribution in [0.5, 0.6) is 11.8 Å². The number of thiophene rings is 1. The van der Waals surface area contributed by atoms with E-state index in [1.165, 1.54) is 11.3 Å². The minimum Gasteiger partial charge on any atom is -0.481 e. The van der Waals surface area contributed by atoms with Crippen molar-refractivity contribution < 1.29 is 27.8 Å². The Bertz CT molecular complexity index is 1330. The SMILES string of the molecule is CCCc1cc2c(N3CCN(C(=N)C(F)(F)F)C(=N)C3)nc(Oc3ccc(CCC(=O)O)cc3)nc2s1. The van der Waals surface area contributed by atoms with E-state index in [9.17, 15) is 18.0 Å². The molecule has 4 rings (SSSR count). The van der Waals surface area contributed by atoms with Gasteiger partial charge >= 0.3 is 18.2 Å². The number of amidine groups is 2. The van der Waals surface area contributed by atoms with Crippen LogP contribution in [0.3, 0.4) is 0 Å². The normalized spacial score (nSPS) is 14.3. The van der Waals surface area contributed by atoms with Crippen LogP contribution in [-0.4, -0.2) is 63.4 Å². The van der Waals surface area contributed by atoms with Crippen LogP contribution in [0, 0.1) is 10.8 Å². The number of carboxylic acids is 1. The van der Waals surface area contributed by atoms with Gasteiger partial charge in [-0.1, -0.05) is 25.5 Å². The van der Waals surface area contributed by atoms with Crippen LogP contribution in [0.2, 0.25) is 0 Å². The first-order chi connectivity index (χ1) is 17.5. The van der Waals surface area contributed by atoms with Crippen molar-refractivity contribution >= 4 is 45.0 Å². The first kappa shape index (κ1) is 26.3. The van der Waals surface area contributed by atoms with Crippen molar-refractivity contribution in [3.63, 3.8) is 0 Å². The van der Waals surface area contributed by atoms with Gasteiger partial charge in [-0.3, -0.25) is 15.6 Å². The number of piperazine rings is 1. The lowest BCUT2D eigenvalue weighted by molar-refractivity contribution is -0.136. The summed E-state index contributed by atoms with van der Waals surface area (Å²) in [6.45, 7) is 1.86. The van der Waals surface area contributed by atoms with Gasteiger partial charge in [-0.2, -0.15) is 23.1 Å². The van der Waals surface area contributed by atoms with Crippen molar-refractivity contribution in [2.75, 3.05) is 24.5 Å². The molecule has 1 aliphatic rings. The Hall–Kier alpha value is -3.74. The number of nitrogens with one attached hydrogen (secondary N) is 2. The van der Waals surface area contributed by atoms with Crippen molar-refractivity contribution in [3.05, 3.63) is 40.8 Å². The lowest BCUT2D eigenvalue weighted by Crippen LogP contribution is -2.55. The topological polar surface area (TPSA) is 126 Å². The minimum atomic E-state index is -4.83. The van der Waals surface area contributed by atoms with Crippen LogP contribution in [0.15, 0.2) is 30.3 Å². The van der Waals surface area contributed by atoms with Crippen LogP contribution in [0.1, 0.15) is 30.2 Å². The van der Waals surface area contributed by atoms with E-state index in [-0.39, 0.29) is 37.9 Å². The highest BCUT2D eigenvalue weighted by molar-refractivity contribution is 7.18. The Balaban J connectivity index is 1.61. The number of aromatic nitrogens is 2. The highest BCUT2D eigenvalue weighted by Gasteiger charge is 2.41. The number of alkyl halides is 3. The number of rotatable bonds is 8. The van der Waals surface area contributed by atoms with E-state index in [4.69, 9.17) is 20.7 Å². The molecular formula is C24H25F3N6O3S. The molecule has 196 valence electrons. The van der Waals surface area contributed by atoms with Gasteiger partial charge in [-0.05, 0) is 36.6 Å². The molecule has 0 spiro atoms. The second kappa shape index (κ2) is 10.7. The largest absolute Gasteiger partial charge is 0.481 e. The van der Waals surface area contributed by atoms with Crippen LogP contribution in [0.4, 0.5) is 19.0 Å². The Morgan fingerprint density at radius 3 is 2.54 bits per heavy atom. The van der Waals surface area contributed by atoms with Crippen molar-refractivity contribution in [3.8, 4) is 11.8 Å². The van der Waals surface area contributed by atoms with Gasteiger partial charge in [0.05, 0.1) is 11.9 Å². The average Bonchev–Trinajstić information content (AvgIpc) is 3.24. The Morgan fingerprint density at radius 1 is 1.19 bits per heavy atom. The number of fused-ring (bicyclic) bond motifs is 1. The van der Waals surface area contributed by atoms with Crippen LogP contribution >= 0.6 is 11.3 Å². The fourth-order valence-corrected chi connectivity index (χ4v) is 5.07. The predicted molar refractivity (Wildman–Crippen MR) is 134 cm³/mol. The smallest absolute Gasteiger partial charge is 0.449 e. The maximum Gasteiger partial charge on any atom is 0.449 e. The van der Waals surface area contributed by atoms with Gasteiger partial charge in [0, 0.05) is 24.4 Å². The Morgan fingerprint density at radius 2 is 1.92 bits per heavy atom. The first-order valence-corrected chi connectivity index (χ1v) is 12.4. The van der Waals surface area contributed by atoms with Gasteiger partial charge in [-0.15, -0.1) is 11.3 Å². The molecule has 3 aromatic rings. The second-order valence-electron chi connectivity index (χ2n) is 8.52. The van der Waals surface area contributed by atoms with E-state index < -0.39 is 18.0 Å². The Labute approximate surface area is 214 Å². The van der Waals surface area contributed by atoms with Crippen molar-refractivity contribution in [1.82, 2.24) is 14.9 Å². The van der Waals surface area contributed by atoms with E-state index >= 15 is 0 Å². The summed E-state index contributed by atoms with van der Waals surface area (Å²) >= 11 is 1.49. The zero-order chi connectivity index (χ0) is 26.7. The highest BCUT2D eigenvalue weighted by Crippen LogP contribution is 2.35. The molecule has 0 unspecified atom stereocenters. The predicted octanol–water partition coefficient (Wildman–Crippen LogP) is 5.09. The number of benzene rings is 1. The third-order valence-corrected chi connectivity index (χ3v) is 6.85. The lowest BCUT2D eigenvalue weighted by atomic mass is 10.1. The summed E-state index contributed by atoms with van der Waals surface area (Å²) in [5.41, 5.74) is 0.843. The van der Waals surface area contributed by atoms with Gasteiger partial charge in [0.15, 0.2) is 0 Å². The quantitative estimate of drug-likeness (QED) is 0.271. The number of halogens is 3. The molecule has 1 saturated heterocycles. The molecule has 1 aliphatic heterocycles. The Kier molecular flexibility index (Phi) is 7.62. The van der Waals surface area contributed by atoms with Gasteiger partial charge in [0.2, 0.25) is 5.84 Å². The number of aryl methyl sites for hydroxylation is 2. The number of carbonyl (C=O) groups is 1. The van der Waals surface area contributed by atoms with E-state index in [1.54, 1.807) is 29.2 Å². The molecule has 0 amide bonds. The second-order valence-corrected chi connectivity index (χ2v) is 9.63. The summed E-state index contributed by atoms with van der Waals surface area (Å²) in [4.78, 5) is 24.0. The summed E-state index contributed by atoms with van der Waals surface area (Å²) in [5, 5.41) is 25.2. The molecule has 9 nitrogen and oxygen atoms in total. The number of ether oxygens (including phenoxy) is 1. The molecule has 13 heteroatoms. The van der Waals surface area contributed by atoms with Crippen molar-refractivity contribution in [2.45, 2.75) is 38.8 Å². The summed E-state index contributed by atoms with van der Waals surface area (Å²) in [6.07, 6.45) is -2.66. The van der Waals surface area contributed by atoms with Gasteiger partial charge < -0.3 is 19.6 Å². The fraction of sp³-hybridized carbons (Fsp3) is 0.375. The lowest BCUT2D eigenvalue weighted by Gasteiger charge is -2.37. The van der Waals surface area contributed by atoms with Crippen molar-refractivity contribution in [2.24, 2.45) is 0 Å². The molecule has 37 heavy (non-hydrogen) atoms. The third-order valence-electron chi connectivity index (χ3n) is 5.76. The maximum atomic E-state index is 13.0. The fourth-order valence-electron chi connectivity index (χ4n) is 3.96. The van der Waals surface area contributed by atoms with Gasteiger partial charge in [0.1, 0.15) is 22.2 Å². The van der Waals surface area contributed by atoms with E-state index in [0.29, 0.717) is 27.7 Å².